The van der Waals surface area contributed by atoms with Crippen LogP contribution in [0.1, 0.15) is 35.4 Å². The molecule has 0 saturated carbocycles. The maximum Gasteiger partial charge on any atom is 0.123 e. The zero-order chi connectivity index (χ0) is 14.7. The molecule has 0 amide bonds. The van der Waals surface area contributed by atoms with Crippen molar-refractivity contribution in [3.05, 3.63) is 71.0 Å². The molecule has 0 spiro atoms. The van der Waals surface area contributed by atoms with Gasteiger partial charge < -0.3 is 5.32 Å². The van der Waals surface area contributed by atoms with Crippen LogP contribution in [0.25, 0.3) is 0 Å². The van der Waals surface area contributed by atoms with E-state index in [4.69, 9.17) is 0 Å². The molecule has 2 aromatic rings. The fourth-order valence-corrected chi connectivity index (χ4v) is 3.57. The molecule has 0 bridgehead atoms. The first-order valence-electron chi connectivity index (χ1n) is 7.77. The topological polar surface area (TPSA) is 12.0 Å². The minimum absolute atomic E-state index is 0.147. The summed E-state index contributed by atoms with van der Waals surface area (Å²) in [5.41, 5.74) is 4.02. The van der Waals surface area contributed by atoms with Crippen LogP contribution >= 0.6 is 0 Å². The summed E-state index contributed by atoms with van der Waals surface area (Å²) in [6, 6.07) is 16.1. The second-order valence-electron chi connectivity index (χ2n) is 5.93. The maximum absolute atomic E-state index is 13.4. The fourth-order valence-electron chi connectivity index (χ4n) is 3.57. The van der Waals surface area contributed by atoms with Crippen LogP contribution in [0.5, 0.6) is 0 Å². The van der Waals surface area contributed by atoms with Crippen LogP contribution in [0.4, 0.5) is 4.39 Å². The van der Waals surface area contributed by atoms with Crippen molar-refractivity contribution in [2.45, 2.75) is 37.6 Å². The second kappa shape index (κ2) is 6.40. The van der Waals surface area contributed by atoms with Gasteiger partial charge >= 0.3 is 0 Å². The normalized spacial score (nSPS) is 19.0. The molecule has 2 atom stereocenters. The predicted octanol–water partition coefficient (Wildman–Crippen LogP) is 4.08. The number of nitrogens with one attached hydrogen (secondary N) is 1. The van der Waals surface area contributed by atoms with Gasteiger partial charge in [0, 0.05) is 6.04 Å². The molecular formula is C19H22FN. The van der Waals surface area contributed by atoms with Crippen molar-refractivity contribution < 1.29 is 4.39 Å². The Morgan fingerprint density at radius 2 is 2.05 bits per heavy atom. The molecule has 21 heavy (non-hydrogen) atoms. The number of benzene rings is 2. The summed E-state index contributed by atoms with van der Waals surface area (Å²) in [7, 11) is 2.02. The molecule has 0 saturated heterocycles. The van der Waals surface area contributed by atoms with Crippen molar-refractivity contribution in [1.82, 2.24) is 5.32 Å². The van der Waals surface area contributed by atoms with Crippen LogP contribution in [-0.4, -0.2) is 13.1 Å². The molecular weight excluding hydrogens is 261 g/mol. The average molecular weight is 283 g/mol. The van der Waals surface area contributed by atoms with E-state index in [2.05, 4.69) is 29.6 Å². The van der Waals surface area contributed by atoms with E-state index in [-0.39, 0.29) is 5.82 Å². The number of fused-ring (bicyclic) bond motifs is 1. The lowest BCUT2D eigenvalue weighted by Gasteiger charge is -2.32. The Morgan fingerprint density at radius 1 is 1.19 bits per heavy atom. The number of hydrogen-bond donors (Lipinski definition) is 1. The van der Waals surface area contributed by atoms with Crippen molar-refractivity contribution in [3.8, 4) is 0 Å². The van der Waals surface area contributed by atoms with Crippen LogP contribution in [0.2, 0.25) is 0 Å². The van der Waals surface area contributed by atoms with Gasteiger partial charge in [0.1, 0.15) is 5.82 Å². The van der Waals surface area contributed by atoms with Gasteiger partial charge in [-0.3, -0.25) is 0 Å². The van der Waals surface area contributed by atoms with Gasteiger partial charge in [0.25, 0.3) is 0 Å². The van der Waals surface area contributed by atoms with Crippen LogP contribution in [0.15, 0.2) is 48.5 Å². The highest BCUT2D eigenvalue weighted by atomic mass is 19.1. The molecule has 2 heteroatoms. The molecule has 1 aliphatic rings. The first kappa shape index (κ1) is 14.3. The van der Waals surface area contributed by atoms with Gasteiger partial charge in [-0.05, 0) is 67.5 Å². The average Bonchev–Trinajstić information content (AvgIpc) is 2.52. The van der Waals surface area contributed by atoms with E-state index in [0.29, 0.717) is 12.0 Å². The van der Waals surface area contributed by atoms with E-state index in [1.165, 1.54) is 36.5 Å². The lowest BCUT2D eigenvalue weighted by molar-refractivity contribution is 0.410. The largest absolute Gasteiger partial charge is 0.316 e. The molecule has 0 aliphatic heterocycles. The van der Waals surface area contributed by atoms with Crippen LogP contribution < -0.4 is 5.32 Å². The Balaban J connectivity index is 1.84. The first-order chi connectivity index (χ1) is 10.3. The summed E-state index contributed by atoms with van der Waals surface area (Å²) >= 11 is 0. The first-order valence-corrected chi connectivity index (χ1v) is 7.77. The van der Waals surface area contributed by atoms with Gasteiger partial charge in [-0.2, -0.15) is 0 Å². The minimum atomic E-state index is -0.147. The molecule has 2 unspecified atom stereocenters. The molecule has 2 aromatic carbocycles. The van der Waals surface area contributed by atoms with Crippen LogP contribution in [0, 0.1) is 5.82 Å². The number of aryl methyl sites for hydroxylation is 1. The maximum atomic E-state index is 13.4. The van der Waals surface area contributed by atoms with E-state index in [0.717, 1.165) is 12.0 Å². The Labute approximate surface area is 126 Å². The summed E-state index contributed by atoms with van der Waals surface area (Å²) in [5.74, 6) is 0.370. The summed E-state index contributed by atoms with van der Waals surface area (Å²) in [6.45, 7) is 0. The zero-order valence-corrected chi connectivity index (χ0v) is 12.5. The summed E-state index contributed by atoms with van der Waals surface area (Å²) < 4.78 is 13.4. The van der Waals surface area contributed by atoms with Crippen LogP contribution in [-0.2, 0) is 12.8 Å². The molecule has 0 aromatic heterocycles. The highest BCUT2D eigenvalue weighted by Crippen LogP contribution is 2.34. The third-order valence-electron chi connectivity index (χ3n) is 4.62. The van der Waals surface area contributed by atoms with Gasteiger partial charge in [-0.25, -0.2) is 4.39 Å². The molecule has 0 heterocycles. The highest BCUT2D eigenvalue weighted by Gasteiger charge is 2.26. The SMILES string of the molecule is CNC(Cc1cccc(F)c1)C1CCCc2ccccc21. The number of halogens is 1. The van der Waals surface area contributed by atoms with Gasteiger partial charge in [0.05, 0.1) is 0 Å². The monoisotopic (exact) mass is 283 g/mol. The van der Waals surface area contributed by atoms with Gasteiger partial charge in [-0.1, -0.05) is 36.4 Å². The second-order valence-corrected chi connectivity index (χ2v) is 5.93. The van der Waals surface area contributed by atoms with Crippen LogP contribution in [0.3, 0.4) is 0 Å². The van der Waals surface area contributed by atoms with Crippen molar-refractivity contribution in [2.24, 2.45) is 0 Å². The minimum Gasteiger partial charge on any atom is -0.316 e. The van der Waals surface area contributed by atoms with E-state index in [9.17, 15) is 4.39 Å². The molecule has 1 aliphatic carbocycles. The summed E-state index contributed by atoms with van der Waals surface area (Å²) in [5, 5.41) is 3.46. The zero-order valence-electron chi connectivity index (χ0n) is 12.5. The lowest BCUT2D eigenvalue weighted by Crippen LogP contribution is -2.36. The molecule has 1 nitrogen and oxygen atoms in total. The summed E-state index contributed by atoms with van der Waals surface area (Å²) in [4.78, 5) is 0. The third-order valence-corrected chi connectivity index (χ3v) is 4.62. The van der Waals surface area contributed by atoms with E-state index < -0.39 is 0 Å². The molecule has 0 fully saturated rings. The molecule has 1 N–H and O–H groups in total. The standard InChI is InChI=1S/C19H22FN/c1-21-19(13-14-6-4-9-16(20)12-14)18-11-5-8-15-7-2-3-10-17(15)18/h2-4,6-7,9-10,12,18-19,21H,5,8,11,13H2,1H3. The van der Waals surface area contributed by atoms with Gasteiger partial charge in [0.2, 0.25) is 0 Å². The molecule has 0 radical (unpaired) electrons. The number of rotatable bonds is 4. The van der Waals surface area contributed by atoms with E-state index >= 15 is 0 Å². The van der Waals surface area contributed by atoms with Gasteiger partial charge in [0.15, 0.2) is 0 Å². The van der Waals surface area contributed by atoms with Crippen molar-refractivity contribution in [3.63, 3.8) is 0 Å². The third kappa shape index (κ3) is 3.16. The van der Waals surface area contributed by atoms with E-state index in [1.807, 2.05) is 13.1 Å². The molecule has 110 valence electrons. The number of hydrogen-bond acceptors (Lipinski definition) is 1. The Hall–Kier alpha value is -1.67. The highest BCUT2D eigenvalue weighted by molar-refractivity contribution is 5.34. The Morgan fingerprint density at radius 3 is 2.86 bits per heavy atom. The van der Waals surface area contributed by atoms with Crippen molar-refractivity contribution in [1.29, 1.82) is 0 Å². The summed E-state index contributed by atoms with van der Waals surface area (Å²) in [6.07, 6.45) is 4.50. The number of likely N-dealkylation sites (N-methyl/N-ethyl adjacent to an activating group) is 1. The van der Waals surface area contributed by atoms with Crippen molar-refractivity contribution in [2.75, 3.05) is 7.05 Å². The van der Waals surface area contributed by atoms with Gasteiger partial charge in [-0.15, -0.1) is 0 Å². The van der Waals surface area contributed by atoms with E-state index in [1.54, 1.807) is 12.1 Å². The lowest BCUT2D eigenvalue weighted by atomic mass is 9.77. The quantitative estimate of drug-likeness (QED) is 0.891. The molecule has 3 rings (SSSR count). The Bertz CT molecular complexity index is 608. The fraction of sp³-hybridized carbons (Fsp3) is 0.368. The predicted molar refractivity (Wildman–Crippen MR) is 85.1 cm³/mol. The Kier molecular flexibility index (Phi) is 4.35. The smallest absolute Gasteiger partial charge is 0.123 e. The van der Waals surface area contributed by atoms with Crippen molar-refractivity contribution >= 4 is 0 Å².